The molecule has 2 nitrogen and oxygen atoms in total. The highest BCUT2D eigenvalue weighted by Crippen LogP contribution is 2.39. The zero-order chi connectivity index (χ0) is 14.0. The predicted molar refractivity (Wildman–Crippen MR) is 87.9 cm³/mol. The van der Waals surface area contributed by atoms with Crippen molar-refractivity contribution in [1.82, 2.24) is 10.2 Å². The highest BCUT2D eigenvalue weighted by Gasteiger charge is 2.41. The maximum atomic E-state index is 3.64. The van der Waals surface area contributed by atoms with Gasteiger partial charge < -0.3 is 5.32 Å². The van der Waals surface area contributed by atoms with Gasteiger partial charge in [0.1, 0.15) is 0 Å². The van der Waals surface area contributed by atoms with Crippen LogP contribution in [0.25, 0.3) is 0 Å². The molecule has 3 rings (SSSR count). The first kappa shape index (κ1) is 14.6. The number of nitrogens with zero attached hydrogens (tertiary/aromatic N) is 1. The molecule has 2 aliphatic rings. The molecular formula is C17H25BrN2. The molecule has 1 saturated heterocycles. The summed E-state index contributed by atoms with van der Waals surface area (Å²) in [6.45, 7) is 5.85. The fourth-order valence-corrected chi connectivity index (χ4v) is 4.50. The Bertz CT molecular complexity index is 446. The van der Waals surface area contributed by atoms with Crippen LogP contribution >= 0.6 is 15.9 Å². The fourth-order valence-electron chi connectivity index (χ4n) is 4.08. The summed E-state index contributed by atoms with van der Waals surface area (Å²) in [6.07, 6.45) is 6.92. The first-order valence-corrected chi connectivity index (χ1v) is 8.74. The molecule has 0 radical (unpaired) electrons. The van der Waals surface area contributed by atoms with Crippen molar-refractivity contribution in [3.05, 3.63) is 34.3 Å². The van der Waals surface area contributed by atoms with Gasteiger partial charge in [0.05, 0.1) is 0 Å². The van der Waals surface area contributed by atoms with Crippen molar-refractivity contribution in [3.63, 3.8) is 0 Å². The number of benzene rings is 1. The first-order valence-electron chi connectivity index (χ1n) is 7.94. The molecule has 1 aliphatic heterocycles. The van der Waals surface area contributed by atoms with Gasteiger partial charge in [0.2, 0.25) is 0 Å². The summed E-state index contributed by atoms with van der Waals surface area (Å²) in [6, 6.07) is 9.33. The van der Waals surface area contributed by atoms with Crippen molar-refractivity contribution in [3.8, 4) is 0 Å². The number of piperazine rings is 1. The molecule has 1 aromatic rings. The van der Waals surface area contributed by atoms with Crippen molar-refractivity contribution in [2.45, 2.75) is 50.6 Å². The van der Waals surface area contributed by atoms with Crippen LogP contribution in [0.15, 0.2) is 28.7 Å². The number of hydrogen-bond acceptors (Lipinski definition) is 2. The van der Waals surface area contributed by atoms with Gasteiger partial charge >= 0.3 is 0 Å². The van der Waals surface area contributed by atoms with Crippen molar-refractivity contribution >= 4 is 15.9 Å². The van der Waals surface area contributed by atoms with E-state index in [1.54, 1.807) is 0 Å². The van der Waals surface area contributed by atoms with Gasteiger partial charge in [-0.05, 0) is 37.5 Å². The Morgan fingerprint density at radius 3 is 2.80 bits per heavy atom. The Morgan fingerprint density at radius 1 is 1.25 bits per heavy atom. The van der Waals surface area contributed by atoms with Crippen LogP contribution in [0.2, 0.25) is 0 Å². The minimum Gasteiger partial charge on any atom is -0.314 e. The molecule has 1 heterocycles. The molecule has 1 aromatic carbocycles. The molecular weight excluding hydrogens is 312 g/mol. The smallest absolute Gasteiger partial charge is 0.0340 e. The lowest BCUT2D eigenvalue weighted by Gasteiger charge is -2.52. The Balaban J connectivity index is 1.85. The second-order valence-electron chi connectivity index (χ2n) is 6.39. The van der Waals surface area contributed by atoms with Crippen LogP contribution in [0, 0.1) is 0 Å². The molecule has 2 fully saturated rings. The van der Waals surface area contributed by atoms with E-state index in [0.717, 1.165) is 6.54 Å². The molecule has 0 bridgehead atoms. The summed E-state index contributed by atoms with van der Waals surface area (Å²) >= 11 is 3.61. The van der Waals surface area contributed by atoms with Gasteiger partial charge in [-0.2, -0.15) is 0 Å². The Hall–Kier alpha value is -0.380. The van der Waals surface area contributed by atoms with Crippen LogP contribution in [-0.4, -0.2) is 30.1 Å². The van der Waals surface area contributed by atoms with Crippen LogP contribution in [0.1, 0.15) is 50.6 Å². The summed E-state index contributed by atoms with van der Waals surface area (Å²) < 4.78 is 1.19. The predicted octanol–water partition coefficient (Wildman–Crippen LogP) is 4.12. The lowest BCUT2D eigenvalue weighted by atomic mass is 9.78. The number of nitrogens with one attached hydrogen (secondary N) is 1. The fraction of sp³-hybridized carbons (Fsp3) is 0.647. The second kappa shape index (κ2) is 6.17. The summed E-state index contributed by atoms with van der Waals surface area (Å²) in [5.41, 5.74) is 1.84. The van der Waals surface area contributed by atoms with Crippen molar-refractivity contribution in [2.75, 3.05) is 19.6 Å². The third-order valence-corrected chi connectivity index (χ3v) is 5.67. The van der Waals surface area contributed by atoms with Gasteiger partial charge in [-0.3, -0.25) is 4.90 Å². The van der Waals surface area contributed by atoms with Crippen molar-refractivity contribution in [2.24, 2.45) is 0 Å². The molecule has 3 heteroatoms. The minimum absolute atomic E-state index is 0.401. The topological polar surface area (TPSA) is 15.3 Å². The SMILES string of the molecule is CC(c1cccc(Br)c1)N1CCNCC12CCCCC2. The lowest BCUT2D eigenvalue weighted by molar-refractivity contribution is -0.00280. The van der Waals surface area contributed by atoms with Crippen molar-refractivity contribution < 1.29 is 0 Å². The summed E-state index contributed by atoms with van der Waals surface area (Å²) in [5.74, 6) is 0. The number of hydrogen-bond donors (Lipinski definition) is 1. The summed E-state index contributed by atoms with van der Waals surface area (Å²) in [4.78, 5) is 2.78. The van der Waals surface area contributed by atoms with E-state index in [2.05, 4.69) is 57.3 Å². The molecule has 1 aliphatic carbocycles. The van der Waals surface area contributed by atoms with Crippen LogP contribution in [0.5, 0.6) is 0 Å². The molecule has 20 heavy (non-hydrogen) atoms. The van der Waals surface area contributed by atoms with Crippen LogP contribution < -0.4 is 5.32 Å². The van der Waals surface area contributed by atoms with Gasteiger partial charge in [-0.15, -0.1) is 0 Å². The number of halogens is 1. The summed E-state index contributed by atoms with van der Waals surface area (Å²) in [7, 11) is 0. The molecule has 1 spiro atoms. The largest absolute Gasteiger partial charge is 0.314 e. The zero-order valence-electron chi connectivity index (χ0n) is 12.4. The van der Waals surface area contributed by atoms with Gasteiger partial charge in [0.25, 0.3) is 0 Å². The minimum atomic E-state index is 0.401. The molecule has 0 aromatic heterocycles. The molecule has 1 atom stereocenters. The van der Waals surface area contributed by atoms with Crippen LogP contribution in [0.4, 0.5) is 0 Å². The van der Waals surface area contributed by atoms with E-state index in [1.165, 1.54) is 55.2 Å². The van der Waals surface area contributed by atoms with E-state index in [-0.39, 0.29) is 0 Å². The molecule has 0 amide bonds. The van der Waals surface area contributed by atoms with Gasteiger partial charge in [0, 0.05) is 35.7 Å². The Kier molecular flexibility index (Phi) is 4.49. The third kappa shape index (κ3) is 2.81. The standard InChI is InChI=1S/C17H25BrN2/c1-14(15-6-5-7-16(18)12-15)20-11-10-19-13-17(20)8-3-2-4-9-17/h5-7,12,14,19H,2-4,8-11,13H2,1H3. The third-order valence-electron chi connectivity index (χ3n) is 5.18. The van der Waals surface area contributed by atoms with Gasteiger partial charge in [-0.25, -0.2) is 0 Å². The van der Waals surface area contributed by atoms with E-state index in [0.29, 0.717) is 11.6 Å². The van der Waals surface area contributed by atoms with E-state index in [4.69, 9.17) is 0 Å². The van der Waals surface area contributed by atoms with Gasteiger partial charge in [-0.1, -0.05) is 47.3 Å². The second-order valence-corrected chi connectivity index (χ2v) is 7.30. The maximum Gasteiger partial charge on any atom is 0.0340 e. The molecule has 1 N–H and O–H groups in total. The van der Waals surface area contributed by atoms with Crippen LogP contribution in [0.3, 0.4) is 0 Å². The molecule has 1 unspecified atom stereocenters. The normalized spacial score (nSPS) is 24.7. The van der Waals surface area contributed by atoms with E-state index in [9.17, 15) is 0 Å². The average molecular weight is 337 g/mol. The summed E-state index contributed by atoms with van der Waals surface area (Å²) in [5, 5.41) is 3.64. The van der Waals surface area contributed by atoms with E-state index >= 15 is 0 Å². The molecule has 1 saturated carbocycles. The molecule has 110 valence electrons. The van der Waals surface area contributed by atoms with Crippen LogP contribution in [-0.2, 0) is 0 Å². The average Bonchev–Trinajstić information content (AvgIpc) is 2.48. The van der Waals surface area contributed by atoms with Crippen molar-refractivity contribution in [1.29, 1.82) is 0 Å². The van der Waals surface area contributed by atoms with Gasteiger partial charge in [0.15, 0.2) is 0 Å². The monoisotopic (exact) mass is 336 g/mol. The van der Waals surface area contributed by atoms with E-state index in [1.807, 2.05) is 0 Å². The Morgan fingerprint density at radius 2 is 2.05 bits per heavy atom. The maximum absolute atomic E-state index is 3.64. The lowest BCUT2D eigenvalue weighted by Crippen LogP contribution is -2.62. The Labute approximate surface area is 131 Å². The first-order chi connectivity index (χ1) is 9.71. The highest BCUT2D eigenvalue weighted by atomic mass is 79.9. The zero-order valence-corrected chi connectivity index (χ0v) is 14.0. The van der Waals surface area contributed by atoms with E-state index < -0.39 is 0 Å². The quantitative estimate of drug-likeness (QED) is 0.873. The highest BCUT2D eigenvalue weighted by molar-refractivity contribution is 9.10. The number of rotatable bonds is 2.